The Balaban J connectivity index is 2.28. The lowest BCUT2D eigenvalue weighted by atomic mass is 10.3. The molecule has 0 fully saturated rings. The molecule has 0 aliphatic rings. The van der Waals surface area contributed by atoms with Crippen LogP contribution >= 0.6 is 23.8 Å². The predicted molar refractivity (Wildman–Crippen MR) is 97.6 cm³/mol. The van der Waals surface area contributed by atoms with Crippen LogP contribution in [0.4, 0.5) is 19.1 Å². The van der Waals surface area contributed by atoms with Crippen LogP contribution in [-0.2, 0) is 10.0 Å². The van der Waals surface area contributed by atoms with Gasteiger partial charge in [0.25, 0.3) is 10.0 Å². The molecule has 0 saturated heterocycles. The SMILES string of the molecule is COc1nc(NC(=S)NS(=O)(=O)c2cc(Cl)ccc2OC(F)(F)F)nc(OC)n1. The number of benzene rings is 1. The van der Waals surface area contributed by atoms with E-state index in [1.54, 1.807) is 0 Å². The van der Waals surface area contributed by atoms with E-state index >= 15 is 0 Å². The summed E-state index contributed by atoms with van der Waals surface area (Å²) < 4.78 is 77.9. The first kappa shape index (κ1) is 22.6. The van der Waals surface area contributed by atoms with Crippen molar-refractivity contribution in [1.29, 1.82) is 0 Å². The Morgan fingerprint density at radius 3 is 2.24 bits per heavy atom. The summed E-state index contributed by atoms with van der Waals surface area (Å²) in [5.41, 5.74) is 0. The highest BCUT2D eigenvalue weighted by Gasteiger charge is 2.34. The number of halogens is 4. The van der Waals surface area contributed by atoms with Gasteiger partial charge in [0.1, 0.15) is 10.6 Å². The van der Waals surface area contributed by atoms with Crippen molar-refractivity contribution in [3.63, 3.8) is 0 Å². The van der Waals surface area contributed by atoms with E-state index in [0.29, 0.717) is 0 Å². The van der Waals surface area contributed by atoms with E-state index in [1.165, 1.54) is 14.2 Å². The summed E-state index contributed by atoms with van der Waals surface area (Å²) in [7, 11) is -2.10. The first-order valence-electron chi connectivity index (χ1n) is 7.16. The van der Waals surface area contributed by atoms with Crippen LogP contribution in [0.15, 0.2) is 23.1 Å². The molecule has 0 aliphatic heterocycles. The Hall–Kier alpha value is -2.65. The van der Waals surface area contributed by atoms with Crippen LogP contribution in [0.5, 0.6) is 17.8 Å². The molecule has 1 aromatic carbocycles. The molecule has 16 heteroatoms. The molecule has 2 rings (SSSR count). The van der Waals surface area contributed by atoms with Gasteiger partial charge in [-0.15, -0.1) is 18.2 Å². The number of anilines is 1. The van der Waals surface area contributed by atoms with Crippen molar-refractivity contribution in [2.75, 3.05) is 19.5 Å². The van der Waals surface area contributed by atoms with Crippen LogP contribution in [-0.4, -0.2) is 49.1 Å². The van der Waals surface area contributed by atoms with Crippen molar-refractivity contribution in [3.8, 4) is 17.8 Å². The highest BCUT2D eigenvalue weighted by Crippen LogP contribution is 2.31. The summed E-state index contributed by atoms with van der Waals surface area (Å²) in [6.07, 6.45) is -5.13. The minimum Gasteiger partial charge on any atom is -0.467 e. The molecule has 0 atom stereocenters. The zero-order valence-corrected chi connectivity index (χ0v) is 16.8. The van der Waals surface area contributed by atoms with Crippen molar-refractivity contribution in [2.24, 2.45) is 0 Å². The molecular weight excluding hydrogens is 463 g/mol. The topological polar surface area (TPSA) is 125 Å². The van der Waals surface area contributed by atoms with Crippen molar-refractivity contribution in [3.05, 3.63) is 23.2 Å². The van der Waals surface area contributed by atoms with E-state index in [4.69, 9.17) is 33.3 Å². The third-order valence-electron chi connectivity index (χ3n) is 2.83. The standard InChI is InChI=1S/C13H11ClF3N5O5S2/c1-25-10-18-9(19-11(21-10)26-2)20-12(28)22-29(23,24)8-5-6(14)3-4-7(8)27-13(15,16)17/h3-5H,1-2H3,(H2,18,19,20,21,22,28). The van der Waals surface area contributed by atoms with Gasteiger partial charge in [0.15, 0.2) is 5.11 Å². The zero-order valence-electron chi connectivity index (χ0n) is 14.4. The Labute approximate surface area is 172 Å². The zero-order chi connectivity index (χ0) is 21.8. The molecule has 1 aromatic heterocycles. The first-order chi connectivity index (χ1) is 13.4. The highest BCUT2D eigenvalue weighted by atomic mass is 35.5. The smallest absolute Gasteiger partial charge is 0.467 e. The minimum absolute atomic E-state index is 0.147. The van der Waals surface area contributed by atoms with Crippen LogP contribution in [0.25, 0.3) is 0 Å². The average Bonchev–Trinajstić information content (AvgIpc) is 2.61. The number of thiocarbonyl (C=S) groups is 1. The molecule has 0 radical (unpaired) electrons. The van der Waals surface area contributed by atoms with E-state index < -0.39 is 32.1 Å². The van der Waals surface area contributed by atoms with Crippen LogP contribution in [0.3, 0.4) is 0 Å². The predicted octanol–water partition coefficient (Wildman–Crippen LogP) is 2.12. The van der Waals surface area contributed by atoms with Gasteiger partial charge < -0.3 is 19.5 Å². The number of nitrogens with zero attached hydrogens (tertiary/aromatic N) is 3. The molecule has 0 saturated carbocycles. The maximum atomic E-state index is 12.5. The second-order valence-corrected chi connectivity index (χ2v) is 7.33. The van der Waals surface area contributed by atoms with Crippen LogP contribution in [0.2, 0.25) is 5.02 Å². The van der Waals surface area contributed by atoms with E-state index in [1.807, 2.05) is 4.72 Å². The first-order valence-corrected chi connectivity index (χ1v) is 9.43. The van der Waals surface area contributed by atoms with Gasteiger partial charge in [-0.2, -0.15) is 9.97 Å². The molecule has 0 amide bonds. The number of nitrogens with one attached hydrogen (secondary N) is 2. The second kappa shape index (κ2) is 8.79. The quantitative estimate of drug-likeness (QED) is 0.602. The number of methoxy groups -OCH3 is 2. The number of sulfonamides is 1. The lowest BCUT2D eigenvalue weighted by molar-refractivity contribution is -0.275. The normalized spacial score (nSPS) is 11.5. The number of aromatic nitrogens is 3. The minimum atomic E-state index is -5.13. The average molecular weight is 474 g/mol. The number of hydrogen-bond acceptors (Lipinski definition) is 9. The molecule has 2 aromatic rings. The number of rotatable bonds is 6. The van der Waals surface area contributed by atoms with Gasteiger partial charge in [-0.05, 0) is 30.4 Å². The Morgan fingerprint density at radius 1 is 1.14 bits per heavy atom. The van der Waals surface area contributed by atoms with Crippen molar-refractivity contribution in [1.82, 2.24) is 19.7 Å². The molecular formula is C13H11ClF3N5O5S2. The van der Waals surface area contributed by atoms with Crippen LogP contribution in [0, 0.1) is 0 Å². The fraction of sp³-hybridized carbons (Fsp3) is 0.231. The van der Waals surface area contributed by atoms with Crippen LogP contribution in [0.1, 0.15) is 0 Å². The van der Waals surface area contributed by atoms with Crippen LogP contribution < -0.4 is 24.2 Å². The van der Waals surface area contributed by atoms with Gasteiger partial charge in [-0.1, -0.05) is 11.6 Å². The van der Waals surface area contributed by atoms with Gasteiger partial charge in [0.2, 0.25) is 5.95 Å². The molecule has 0 unspecified atom stereocenters. The largest absolute Gasteiger partial charge is 0.573 e. The molecule has 2 N–H and O–H groups in total. The monoisotopic (exact) mass is 473 g/mol. The molecule has 10 nitrogen and oxygen atoms in total. The third-order valence-corrected chi connectivity index (χ3v) is 4.77. The third kappa shape index (κ3) is 6.43. The maximum Gasteiger partial charge on any atom is 0.573 e. The Bertz CT molecular complexity index is 1000. The van der Waals surface area contributed by atoms with Crippen molar-refractivity contribution >= 4 is 44.9 Å². The number of ether oxygens (including phenoxy) is 3. The fourth-order valence-corrected chi connectivity index (χ4v) is 3.50. The fourth-order valence-electron chi connectivity index (χ4n) is 1.78. The van der Waals surface area contributed by atoms with Gasteiger partial charge in [-0.25, -0.2) is 8.42 Å². The van der Waals surface area contributed by atoms with E-state index in [2.05, 4.69) is 25.0 Å². The molecule has 0 bridgehead atoms. The van der Waals surface area contributed by atoms with Gasteiger partial charge in [0.05, 0.1) is 14.2 Å². The van der Waals surface area contributed by atoms with Gasteiger partial charge in [0, 0.05) is 5.02 Å². The summed E-state index contributed by atoms with van der Waals surface area (Å²) >= 11 is 10.5. The second-order valence-electron chi connectivity index (χ2n) is 4.83. The maximum absolute atomic E-state index is 12.5. The molecule has 1 heterocycles. The summed E-state index contributed by atoms with van der Waals surface area (Å²) in [4.78, 5) is 10.4. The summed E-state index contributed by atoms with van der Waals surface area (Å²) in [5, 5.41) is 1.60. The summed E-state index contributed by atoms with van der Waals surface area (Å²) in [6, 6.07) is 2.22. The van der Waals surface area contributed by atoms with E-state index in [-0.39, 0.29) is 23.0 Å². The lowest BCUT2D eigenvalue weighted by Crippen LogP contribution is -2.35. The molecule has 29 heavy (non-hydrogen) atoms. The Morgan fingerprint density at radius 2 is 1.72 bits per heavy atom. The Kier molecular flexibility index (Phi) is 6.86. The number of hydrogen-bond donors (Lipinski definition) is 2. The van der Waals surface area contributed by atoms with Gasteiger partial charge >= 0.3 is 18.4 Å². The molecule has 0 spiro atoms. The highest BCUT2D eigenvalue weighted by molar-refractivity contribution is 7.92. The molecule has 158 valence electrons. The van der Waals surface area contributed by atoms with Crippen molar-refractivity contribution in [2.45, 2.75) is 11.3 Å². The molecule has 0 aliphatic carbocycles. The summed E-state index contributed by atoms with van der Waals surface area (Å²) in [6.45, 7) is 0. The lowest BCUT2D eigenvalue weighted by Gasteiger charge is -2.15. The van der Waals surface area contributed by atoms with Crippen molar-refractivity contribution < 1.29 is 35.8 Å². The summed E-state index contributed by atoms with van der Waals surface area (Å²) in [5.74, 6) is -1.25. The van der Waals surface area contributed by atoms with Gasteiger partial charge in [-0.3, -0.25) is 4.72 Å². The van der Waals surface area contributed by atoms with E-state index in [9.17, 15) is 21.6 Å². The van der Waals surface area contributed by atoms with E-state index in [0.717, 1.165) is 18.2 Å². The number of alkyl halides is 3.